The van der Waals surface area contributed by atoms with E-state index < -0.39 is 0 Å². The van der Waals surface area contributed by atoms with Gasteiger partial charge in [0.2, 0.25) is 0 Å². The minimum atomic E-state index is 0.763. The van der Waals surface area contributed by atoms with E-state index in [-0.39, 0.29) is 0 Å². The monoisotopic (exact) mass is 412 g/mol. The molecule has 0 amide bonds. The highest BCUT2D eigenvalue weighted by atomic mass is 32.1. The van der Waals surface area contributed by atoms with Crippen molar-refractivity contribution in [1.82, 2.24) is 15.1 Å². The Kier molecular flexibility index (Phi) is 5.90. The summed E-state index contributed by atoms with van der Waals surface area (Å²) in [7, 11) is 0. The first kappa shape index (κ1) is 19.2. The molecule has 2 saturated heterocycles. The second-order valence-electron chi connectivity index (χ2n) is 8.65. The molecule has 2 atom stereocenters. The molecule has 1 aliphatic carbocycles. The van der Waals surface area contributed by atoms with Gasteiger partial charge in [-0.25, -0.2) is 4.99 Å². The molecular formula is C23H32N4OS. The number of nitrogens with one attached hydrogen (secondary N) is 1. The molecule has 1 saturated carbocycles. The van der Waals surface area contributed by atoms with Crippen LogP contribution in [0.25, 0.3) is 0 Å². The van der Waals surface area contributed by atoms with Gasteiger partial charge in [-0.3, -0.25) is 4.90 Å². The SMILES string of the molecule is c1coc(CCNC(=NCc2cccs2)N2CCC3C(CCCN3C3CC3)C2)c1. The van der Waals surface area contributed by atoms with Gasteiger partial charge in [-0.2, -0.15) is 0 Å². The molecule has 1 N–H and O–H groups in total. The summed E-state index contributed by atoms with van der Waals surface area (Å²) in [5.74, 6) is 2.89. The van der Waals surface area contributed by atoms with E-state index in [0.29, 0.717) is 0 Å². The van der Waals surface area contributed by atoms with Gasteiger partial charge in [0.25, 0.3) is 0 Å². The summed E-state index contributed by atoms with van der Waals surface area (Å²) in [5, 5.41) is 5.77. The van der Waals surface area contributed by atoms with Gasteiger partial charge in [-0.05, 0) is 68.1 Å². The van der Waals surface area contributed by atoms with Crippen LogP contribution in [-0.2, 0) is 13.0 Å². The van der Waals surface area contributed by atoms with Crippen molar-refractivity contribution in [2.75, 3.05) is 26.2 Å². The van der Waals surface area contributed by atoms with Gasteiger partial charge in [-0.15, -0.1) is 11.3 Å². The Labute approximate surface area is 177 Å². The summed E-state index contributed by atoms with van der Waals surface area (Å²) in [4.78, 5) is 11.7. The third kappa shape index (κ3) is 4.69. The van der Waals surface area contributed by atoms with Crippen molar-refractivity contribution in [2.24, 2.45) is 10.9 Å². The third-order valence-corrected chi connectivity index (χ3v) is 7.49. The zero-order valence-electron chi connectivity index (χ0n) is 17.1. The molecule has 2 aromatic heterocycles. The van der Waals surface area contributed by atoms with E-state index in [1.165, 1.54) is 43.5 Å². The predicted molar refractivity (Wildman–Crippen MR) is 118 cm³/mol. The highest BCUT2D eigenvalue weighted by Gasteiger charge is 2.42. The van der Waals surface area contributed by atoms with Gasteiger partial charge >= 0.3 is 0 Å². The minimum absolute atomic E-state index is 0.763. The van der Waals surface area contributed by atoms with Crippen LogP contribution < -0.4 is 5.32 Å². The van der Waals surface area contributed by atoms with E-state index in [1.54, 1.807) is 17.6 Å². The molecule has 3 aliphatic rings. The zero-order chi connectivity index (χ0) is 19.5. The molecule has 5 nitrogen and oxygen atoms in total. The molecule has 4 heterocycles. The normalized spacial score (nSPS) is 25.8. The Hall–Kier alpha value is -1.79. The second-order valence-corrected chi connectivity index (χ2v) is 9.68. The number of rotatable bonds is 6. The van der Waals surface area contributed by atoms with E-state index in [9.17, 15) is 0 Å². The lowest BCUT2D eigenvalue weighted by Crippen LogP contribution is -2.57. The van der Waals surface area contributed by atoms with Crippen molar-refractivity contribution in [3.05, 3.63) is 46.5 Å². The molecule has 2 aromatic rings. The first-order valence-electron chi connectivity index (χ1n) is 11.2. The summed E-state index contributed by atoms with van der Waals surface area (Å²) in [6.07, 6.45) is 9.50. The second kappa shape index (κ2) is 8.92. The van der Waals surface area contributed by atoms with Gasteiger partial charge in [0.05, 0.1) is 12.8 Å². The summed E-state index contributed by atoms with van der Waals surface area (Å²) >= 11 is 1.79. The van der Waals surface area contributed by atoms with E-state index in [1.807, 2.05) is 12.1 Å². The number of likely N-dealkylation sites (tertiary alicyclic amines) is 2. The van der Waals surface area contributed by atoms with Crippen LogP contribution in [0.15, 0.2) is 45.3 Å². The molecule has 5 rings (SSSR count). The molecule has 0 radical (unpaired) electrons. The lowest BCUT2D eigenvalue weighted by Gasteiger charge is -2.48. The number of fused-ring (bicyclic) bond motifs is 1. The maximum Gasteiger partial charge on any atom is 0.194 e. The number of nitrogens with zero attached hydrogens (tertiary/aromatic N) is 3. The van der Waals surface area contributed by atoms with Crippen molar-refractivity contribution in [1.29, 1.82) is 0 Å². The average Bonchev–Trinajstić information content (AvgIpc) is 3.22. The molecule has 0 aromatic carbocycles. The Balaban J connectivity index is 1.24. The molecule has 0 spiro atoms. The molecule has 156 valence electrons. The van der Waals surface area contributed by atoms with E-state index in [4.69, 9.17) is 9.41 Å². The van der Waals surface area contributed by atoms with E-state index in [2.05, 4.69) is 32.6 Å². The maximum atomic E-state index is 5.49. The third-order valence-electron chi connectivity index (χ3n) is 6.63. The molecule has 3 fully saturated rings. The molecule has 0 bridgehead atoms. The summed E-state index contributed by atoms with van der Waals surface area (Å²) in [6.45, 7) is 5.20. The Morgan fingerprint density at radius 2 is 2.14 bits per heavy atom. The van der Waals surface area contributed by atoms with Crippen LogP contribution in [0, 0.1) is 5.92 Å². The molecule has 6 heteroatoms. The summed E-state index contributed by atoms with van der Waals surface area (Å²) in [6, 6.07) is 9.99. The first-order chi connectivity index (χ1) is 14.4. The van der Waals surface area contributed by atoms with Crippen LogP contribution in [0.4, 0.5) is 0 Å². The zero-order valence-corrected chi connectivity index (χ0v) is 17.9. The Morgan fingerprint density at radius 3 is 2.93 bits per heavy atom. The van der Waals surface area contributed by atoms with Crippen molar-refractivity contribution in [3.8, 4) is 0 Å². The van der Waals surface area contributed by atoms with Crippen LogP contribution in [-0.4, -0.2) is 54.0 Å². The van der Waals surface area contributed by atoms with Crippen LogP contribution in [0.3, 0.4) is 0 Å². The van der Waals surface area contributed by atoms with Crippen molar-refractivity contribution >= 4 is 17.3 Å². The highest BCUT2D eigenvalue weighted by Crippen LogP contribution is 2.38. The van der Waals surface area contributed by atoms with E-state index in [0.717, 1.165) is 62.3 Å². The predicted octanol–water partition coefficient (Wildman–Crippen LogP) is 3.98. The number of furan rings is 1. The van der Waals surface area contributed by atoms with Gasteiger partial charge in [0.15, 0.2) is 5.96 Å². The van der Waals surface area contributed by atoms with Gasteiger partial charge in [0.1, 0.15) is 5.76 Å². The lowest BCUT2D eigenvalue weighted by molar-refractivity contribution is 0.0369. The first-order valence-corrected chi connectivity index (χ1v) is 12.1. The summed E-state index contributed by atoms with van der Waals surface area (Å²) in [5.41, 5.74) is 0. The van der Waals surface area contributed by atoms with Crippen LogP contribution in [0.1, 0.15) is 42.7 Å². The van der Waals surface area contributed by atoms with Crippen molar-refractivity contribution in [3.63, 3.8) is 0 Å². The fourth-order valence-electron chi connectivity index (χ4n) is 5.07. The van der Waals surface area contributed by atoms with E-state index >= 15 is 0 Å². The molecule has 29 heavy (non-hydrogen) atoms. The number of hydrogen-bond donors (Lipinski definition) is 1. The minimum Gasteiger partial charge on any atom is -0.469 e. The smallest absolute Gasteiger partial charge is 0.194 e. The number of guanidine groups is 1. The van der Waals surface area contributed by atoms with Gasteiger partial charge in [-0.1, -0.05) is 6.07 Å². The quantitative estimate of drug-likeness (QED) is 0.576. The fraction of sp³-hybridized carbons (Fsp3) is 0.609. The number of thiophene rings is 1. The molecule has 2 unspecified atom stereocenters. The fourth-order valence-corrected chi connectivity index (χ4v) is 5.70. The summed E-state index contributed by atoms with van der Waals surface area (Å²) < 4.78 is 5.49. The molecule has 2 aliphatic heterocycles. The number of aliphatic imine (C=N–C) groups is 1. The standard InChI is InChI=1S/C23H32N4OS/c1-4-18-17-26(13-10-22(18)27(12-1)19-7-8-19)23(25-16-21-6-3-15-29-21)24-11-9-20-5-2-14-28-20/h2-3,5-6,14-15,18-19,22H,1,4,7-13,16-17H2,(H,24,25). The Bertz CT molecular complexity index is 784. The number of piperidine rings is 2. The van der Waals surface area contributed by atoms with Gasteiger partial charge in [0, 0.05) is 43.0 Å². The maximum absolute atomic E-state index is 5.49. The number of hydrogen-bond acceptors (Lipinski definition) is 4. The van der Waals surface area contributed by atoms with Crippen LogP contribution >= 0.6 is 11.3 Å². The van der Waals surface area contributed by atoms with Crippen molar-refractivity contribution < 1.29 is 4.42 Å². The van der Waals surface area contributed by atoms with Crippen LogP contribution in [0.5, 0.6) is 0 Å². The Morgan fingerprint density at radius 1 is 1.17 bits per heavy atom. The average molecular weight is 413 g/mol. The molecular weight excluding hydrogens is 380 g/mol. The lowest BCUT2D eigenvalue weighted by atomic mass is 9.83. The van der Waals surface area contributed by atoms with Crippen molar-refractivity contribution in [2.45, 2.75) is 57.2 Å². The largest absolute Gasteiger partial charge is 0.469 e. The van der Waals surface area contributed by atoms with Crippen LogP contribution in [0.2, 0.25) is 0 Å². The topological polar surface area (TPSA) is 44.0 Å². The van der Waals surface area contributed by atoms with Gasteiger partial charge < -0.3 is 14.6 Å². The highest BCUT2D eigenvalue weighted by molar-refractivity contribution is 7.09.